The first-order valence-electron chi connectivity index (χ1n) is 9.06. The summed E-state index contributed by atoms with van der Waals surface area (Å²) in [6, 6.07) is 15.1. The lowest BCUT2D eigenvalue weighted by Crippen LogP contribution is -2.01. The van der Waals surface area contributed by atoms with Crippen LogP contribution in [0.25, 0.3) is 28.1 Å². The second-order valence-corrected chi connectivity index (χ2v) is 6.79. The SMILES string of the molecule is Cc1cc(C)n(-c2cc(N)[nH]c3nn(C)c(-c4ccc(C#N)cc4)c3ccn2)n1. The molecule has 0 saturated carbocycles. The Morgan fingerprint density at radius 2 is 1.83 bits per heavy atom. The first-order valence-corrected chi connectivity index (χ1v) is 9.06. The average molecular weight is 384 g/mol. The maximum absolute atomic E-state index is 9.04. The number of nitrogens with two attached hydrogens (primary N) is 1. The number of nitrogen functional groups attached to an aromatic ring is 1. The average Bonchev–Trinajstić information content (AvgIpc) is 3.20. The Bertz CT molecular complexity index is 1300. The minimum atomic E-state index is 0.408. The first kappa shape index (κ1) is 18.3. The Balaban J connectivity index is 1.94. The van der Waals surface area contributed by atoms with Gasteiger partial charge in [0, 0.05) is 36.0 Å². The van der Waals surface area contributed by atoms with E-state index in [-0.39, 0.29) is 0 Å². The molecule has 0 saturated heterocycles. The van der Waals surface area contributed by atoms with E-state index < -0.39 is 0 Å². The van der Waals surface area contributed by atoms with E-state index in [0.717, 1.165) is 28.0 Å². The fourth-order valence-electron chi connectivity index (χ4n) is 3.35. The topological polar surface area (TPSA) is 114 Å². The number of hydrogen-bond acceptors (Lipinski definition) is 5. The maximum Gasteiger partial charge on any atom is 0.161 e. The van der Waals surface area contributed by atoms with E-state index in [4.69, 9.17) is 11.0 Å². The molecule has 0 bridgehead atoms. The Hall–Kier alpha value is -4.12. The van der Waals surface area contributed by atoms with Crippen molar-refractivity contribution in [1.82, 2.24) is 29.5 Å². The van der Waals surface area contributed by atoms with Crippen LogP contribution in [0.5, 0.6) is 0 Å². The van der Waals surface area contributed by atoms with Gasteiger partial charge in [0.05, 0.1) is 23.0 Å². The summed E-state index contributed by atoms with van der Waals surface area (Å²) in [5, 5.41) is 19.0. The predicted octanol–water partition coefficient (Wildman–Crippen LogP) is 3.34. The van der Waals surface area contributed by atoms with Crippen molar-refractivity contribution in [1.29, 1.82) is 5.26 Å². The van der Waals surface area contributed by atoms with Gasteiger partial charge in [-0.25, -0.2) is 9.67 Å². The third-order valence-corrected chi connectivity index (χ3v) is 4.59. The van der Waals surface area contributed by atoms with Crippen LogP contribution in [0.1, 0.15) is 17.0 Å². The van der Waals surface area contributed by atoms with Crippen molar-refractivity contribution in [2.75, 3.05) is 5.73 Å². The third-order valence-electron chi connectivity index (χ3n) is 4.59. The highest BCUT2D eigenvalue weighted by atomic mass is 15.3. The van der Waals surface area contributed by atoms with Crippen molar-refractivity contribution in [2.24, 2.45) is 7.05 Å². The number of nitriles is 1. The molecule has 4 rings (SSSR count). The second-order valence-electron chi connectivity index (χ2n) is 6.79. The summed E-state index contributed by atoms with van der Waals surface area (Å²) in [5.74, 6) is 1.01. The zero-order valence-electron chi connectivity index (χ0n) is 16.4. The summed E-state index contributed by atoms with van der Waals surface area (Å²) in [6.45, 7) is 3.90. The highest BCUT2D eigenvalue weighted by Crippen LogP contribution is 2.27. The summed E-state index contributed by atoms with van der Waals surface area (Å²) in [7, 11) is 1.87. The minimum absolute atomic E-state index is 0.408. The molecular weight excluding hydrogens is 364 g/mol. The van der Waals surface area contributed by atoms with Gasteiger partial charge in [-0.3, -0.25) is 4.68 Å². The Labute approximate surface area is 167 Å². The molecule has 0 aliphatic carbocycles. The van der Waals surface area contributed by atoms with Gasteiger partial charge in [0.2, 0.25) is 0 Å². The summed E-state index contributed by atoms with van der Waals surface area (Å²) < 4.78 is 3.53. The normalized spacial score (nSPS) is 10.7. The van der Waals surface area contributed by atoms with Crippen LogP contribution in [0.15, 0.2) is 48.7 Å². The standard InChI is InChI=1S/C21H20N8/c1-13-10-14(2)29(26-13)19-11-18(23)25-21-17(8-9-24-19)20(28(3)27-21)16-6-4-15(12-22)5-7-16/h4-11H,23H2,1-3H3,(H,25,27). The molecule has 0 aliphatic rings. The lowest BCUT2D eigenvalue weighted by atomic mass is 10.1. The zero-order valence-corrected chi connectivity index (χ0v) is 16.4. The molecule has 3 aromatic heterocycles. The monoisotopic (exact) mass is 384 g/mol. The minimum Gasteiger partial charge on any atom is -0.385 e. The summed E-state index contributed by atoms with van der Waals surface area (Å²) in [4.78, 5) is 7.73. The number of nitrogens with zero attached hydrogens (tertiary/aromatic N) is 6. The zero-order chi connectivity index (χ0) is 20.5. The van der Waals surface area contributed by atoms with Crippen molar-refractivity contribution >= 4 is 16.9 Å². The van der Waals surface area contributed by atoms with Crippen LogP contribution in [0.4, 0.5) is 5.82 Å². The second kappa shape index (κ2) is 7.13. The van der Waals surface area contributed by atoms with Gasteiger partial charge >= 0.3 is 0 Å². The van der Waals surface area contributed by atoms with Gasteiger partial charge in [-0.05, 0) is 38.1 Å². The molecular formula is C21H20N8. The van der Waals surface area contributed by atoms with E-state index in [1.54, 1.807) is 33.8 Å². The molecule has 0 spiro atoms. The van der Waals surface area contributed by atoms with E-state index in [9.17, 15) is 0 Å². The smallest absolute Gasteiger partial charge is 0.161 e. The molecule has 3 N–H and O–H groups in total. The van der Waals surface area contributed by atoms with E-state index in [0.29, 0.717) is 22.8 Å². The number of aryl methyl sites for hydroxylation is 3. The van der Waals surface area contributed by atoms with E-state index in [1.165, 1.54) is 0 Å². The molecule has 8 heteroatoms. The van der Waals surface area contributed by atoms with E-state index >= 15 is 0 Å². The largest absolute Gasteiger partial charge is 0.385 e. The number of nitrogens with one attached hydrogen (secondary N) is 1. The highest BCUT2D eigenvalue weighted by Gasteiger charge is 2.11. The Kier molecular flexibility index (Phi) is 4.49. The molecule has 0 unspecified atom stereocenters. The number of rotatable bonds is 2. The molecule has 3 heterocycles. The molecule has 8 nitrogen and oxygen atoms in total. The Morgan fingerprint density at radius 3 is 2.48 bits per heavy atom. The number of aromatic nitrogens is 6. The van der Waals surface area contributed by atoms with Gasteiger partial charge in [0.1, 0.15) is 5.82 Å². The van der Waals surface area contributed by atoms with Crippen molar-refractivity contribution in [2.45, 2.75) is 13.8 Å². The fourth-order valence-corrected chi connectivity index (χ4v) is 3.35. The lowest BCUT2D eigenvalue weighted by Gasteiger charge is -2.02. The van der Waals surface area contributed by atoms with Crippen molar-refractivity contribution in [3.05, 3.63) is 65.6 Å². The predicted molar refractivity (Wildman–Crippen MR) is 112 cm³/mol. The number of fused-ring (bicyclic) bond motifs is 1. The number of benzene rings is 1. The van der Waals surface area contributed by atoms with Gasteiger partial charge in [0.15, 0.2) is 11.5 Å². The molecule has 0 fully saturated rings. The van der Waals surface area contributed by atoms with Gasteiger partial charge in [-0.2, -0.15) is 15.5 Å². The fraction of sp³-hybridized carbons (Fsp3) is 0.143. The lowest BCUT2D eigenvalue weighted by molar-refractivity contribution is 0.784. The summed E-state index contributed by atoms with van der Waals surface area (Å²) in [5.41, 5.74) is 11.2. The van der Waals surface area contributed by atoms with E-state index in [1.807, 2.05) is 45.2 Å². The third kappa shape index (κ3) is 3.41. The first-order chi connectivity index (χ1) is 14.0. The van der Waals surface area contributed by atoms with Gasteiger partial charge < -0.3 is 10.7 Å². The van der Waals surface area contributed by atoms with E-state index in [2.05, 4.69) is 26.2 Å². The summed E-state index contributed by atoms with van der Waals surface area (Å²) >= 11 is 0. The highest BCUT2D eigenvalue weighted by molar-refractivity contribution is 5.91. The molecule has 0 aliphatic heterocycles. The van der Waals surface area contributed by atoms with Crippen molar-refractivity contribution < 1.29 is 0 Å². The van der Waals surface area contributed by atoms with Gasteiger partial charge in [-0.15, -0.1) is 0 Å². The van der Waals surface area contributed by atoms with Crippen molar-refractivity contribution in [3.8, 4) is 23.1 Å². The molecule has 0 radical (unpaired) electrons. The number of H-pyrrole nitrogens is 1. The maximum atomic E-state index is 9.04. The quantitative estimate of drug-likeness (QED) is 0.550. The molecule has 144 valence electrons. The molecule has 0 amide bonds. The van der Waals surface area contributed by atoms with Crippen LogP contribution in [-0.2, 0) is 7.05 Å². The number of hydrogen-bond donors (Lipinski definition) is 2. The van der Waals surface area contributed by atoms with Gasteiger partial charge in [0.25, 0.3) is 0 Å². The summed E-state index contributed by atoms with van der Waals surface area (Å²) in [6.07, 6.45) is 1.72. The van der Waals surface area contributed by atoms with Crippen LogP contribution in [-0.4, -0.2) is 29.5 Å². The number of aromatic amines is 1. The van der Waals surface area contributed by atoms with Crippen molar-refractivity contribution in [3.63, 3.8) is 0 Å². The van der Waals surface area contributed by atoms with Crippen LogP contribution in [0, 0.1) is 25.2 Å². The molecule has 4 aromatic rings. The molecule has 29 heavy (non-hydrogen) atoms. The van der Waals surface area contributed by atoms with Crippen LogP contribution >= 0.6 is 0 Å². The number of anilines is 1. The van der Waals surface area contributed by atoms with Crippen LogP contribution in [0.3, 0.4) is 0 Å². The molecule has 0 atom stereocenters. The molecule has 1 aromatic carbocycles. The van der Waals surface area contributed by atoms with Crippen LogP contribution < -0.4 is 5.73 Å². The van der Waals surface area contributed by atoms with Crippen LogP contribution in [0.2, 0.25) is 0 Å². The van der Waals surface area contributed by atoms with Gasteiger partial charge in [-0.1, -0.05) is 12.1 Å². The Morgan fingerprint density at radius 1 is 1.07 bits per heavy atom.